The molecule has 3 aliphatic heterocycles. The number of piperidine rings is 1. The molecule has 1 amide bonds. The number of hydrogen-bond donors (Lipinski definition) is 1. The first-order chi connectivity index (χ1) is 16.4. The lowest BCUT2D eigenvalue weighted by molar-refractivity contribution is 0.0662. The Hall–Kier alpha value is -2.52. The van der Waals surface area contributed by atoms with E-state index in [4.69, 9.17) is 16.3 Å². The number of aliphatic hydroxyl groups excluding tert-OH is 1. The van der Waals surface area contributed by atoms with Crippen molar-refractivity contribution >= 4 is 23.2 Å². The van der Waals surface area contributed by atoms with E-state index in [1.54, 1.807) is 4.90 Å². The summed E-state index contributed by atoms with van der Waals surface area (Å²) in [5.41, 5.74) is 3.28. The number of fused-ring (bicyclic) bond motifs is 3. The van der Waals surface area contributed by atoms with Gasteiger partial charge in [0.15, 0.2) is 0 Å². The topological polar surface area (TPSA) is 53.0 Å². The summed E-state index contributed by atoms with van der Waals surface area (Å²) in [4.78, 5) is 17.5. The Kier molecular flexibility index (Phi) is 6.57. The molecule has 4 atom stereocenters. The number of rotatable bonds is 4. The van der Waals surface area contributed by atoms with E-state index in [2.05, 4.69) is 23.8 Å². The summed E-state index contributed by atoms with van der Waals surface area (Å²) in [5, 5.41) is 10.2. The second-order valence-corrected chi connectivity index (χ2v) is 10.1. The Morgan fingerprint density at radius 3 is 2.65 bits per heavy atom. The van der Waals surface area contributed by atoms with Gasteiger partial charge in [-0.2, -0.15) is 0 Å². The van der Waals surface area contributed by atoms with Gasteiger partial charge in [-0.3, -0.25) is 4.79 Å². The van der Waals surface area contributed by atoms with E-state index in [-0.39, 0.29) is 12.0 Å². The van der Waals surface area contributed by atoms with Crippen molar-refractivity contribution in [2.45, 2.75) is 69.7 Å². The number of aliphatic hydroxyl groups is 1. The van der Waals surface area contributed by atoms with Gasteiger partial charge >= 0.3 is 0 Å². The Morgan fingerprint density at radius 1 is 1.18 bits per heavy atom. The smallest absolute Gasteiger partial charge is 0.258 e. The standard InChI is InChI=1S/C28H31ClN2O3/c1-3-23(32)9-4-18-5-10-25-19(14-18)12-13-31(28(25)33)22-8-11-27(26(29)17-22)34-24-15-20-6-7-21(16-24)30(20)2/h5,8,10-11,14,17,20-21,23-24,32H,3,6-7,12-13,15-16H2,1-2H3/t20-,21+,23?,24?. The van der Waals surface area contributed by atoms with Crippen molar-refractivity contribution in [3.8, 4) is 17.6 Å². The number of hydrogen-bond acceptors (Lipinski definition) is 4. The minimum Gasteiger partial charge on any atom is -0.489 e. The van der Waals surface area contributed by atoms with Crippen molar-refractivity contribution in [2.75, 3.05) is 18.5 Å². The summed E-state index contributed by atoms with van der Waals surface area (Å²) in [5.74, 6) is 6.50. The van der Waals surface area contributed by atoms with Crippen molar-refractivity contribution in [3.63, 3.8) is 0 Å². The van der Waals surface area contributed by atoms with Crippen LogP contribution in [-0.4, -0.2) is 53.8 Å². The minimum absolute atomic E-state index is 0.0361. The van der Waals surface area contributed by atoms with Crippen LogP contribution in [0.5, 0.6) is 5.75 Å². The van der Waals surface area contributed by atoms with E-state index in [0.717, 1.165) is 36.1 Å². The Bertz CT molecular complexity index is 1140. The molecule has 5 nitrogen and oxygen atoms in total. The highest BCUT2D eigenvalue weighted by Crippen LogP contribution is 2.38. The van der Waals surface area contributed by atoms with E-state index >= 15 is 0 Å². The van der Waals surface area contributed by atoms with Gasteiger partial charge in [0, 0.05) is 35.4 Å². The lowest BCUT2D eigenvalue weighted by atomic mass is 9.96. The first-order valence-electron chi connectivity index (χ1n) is 12.3. The molecule has 2 unspecified atom stereocenters. The van der Waals surface area contributed by atoms with Crippen LogP contribution in [0.3, 0.4) is 0 Å². The van der Waals surface area contributed by atoms with Gasteiger partial charge in [0.25, 0.3) is 5.91 Å². The Morgan fingerprint density at radius 2 is 1.94 bits per heavy atom. The van der Waals surface area contributed by atoms with E-state index in [1.807, 2.05) is 43.3 Å². The van der Waals surface area contributed by atoms with E-state index in [9.17, 15) is 9.90 Å². The van der Waals surface area contributed by atoms with Crippen molar-refractivity contribution in [3.05, 3.63) is 58.1 Å². The number of halogens is 1. The molecule has 34 heavy (non-hydrogen) atoms. The number of anilines is 1. The van der Waals surface area contributed by atoms with Crippen LogP contribution in [-0.2, 0) is 6.42 Å². The maximum Gasteiger partial charge on any atom is 0.258 e. The van der Waals surface area contributed by atoms with Gasteiger partial charge in [-0.25, -0.2) is 0 Å². The molecule has 0 aromatic heterocycles. The summed E-state index contributed by atoms with van der Waals surface area (Å²) in [6.45, 7) is 2.47. The van der Waals surface area contributed by atoms with Gasteiger partial charge in [0.1, 0.15) is 18.0 Å². The summed E-state index contributed by atoms with van der Waals surface area (Å²) in [7, 11) is 2.22. The normalized spacial score (nSPS) is 24.9. The quantitative estimate of drug-likeness (QED) is 0.649. The average molecular weight is 479 g/mol. The molecule has 0 spiro atoms. The van der Waals surface area contributed by atoms with Crippen LogP contribution in [0.15, 0.2) is 36.4 Å². The molecule has 0 saturated carbocycles. The third kappa shape index (κ3) is 4.55. The Balaban J connectivity index is 1.29. The zero-order chi connectivity index (χ0) is 23.8. The summed E-state index contributed by atoms with van der Waals surface area (Å²) >= 11 is 6.62. The summed E-state index contributed by atoms with van der Waals surface area (Å²) in [6, 6.07) is 12.5. The van der Waals surface area contributed by atoms with Crippen molar-refractivity contribution in [1.29, 1.82) is 0 Å². The fourth-order valence-corrected chi connectivity index (χ4v) is 5.69. The van der Waals surface area contributed by atoms with Gasteiger partial charge in [0.2, 0.25) is 0 Å². The molecule has 1 N–H and O–H groups in total. The third-order valence-electron chi connectivity index (χ3n) is 7.53. The first-order valence-corrected chi connectivity index (χ1v) is 12.6. The monoisotopic (exact) mass is 478 g/mol. The molecule has 2 aromatic carbocycles. The van der Waals surface area contributed by atoms with Gasteiger partial charge in [-0.1, -0.05) is 30.4 Å². The molecular weight excluding hydrogens is 448 g/mol. The van der Waals surface area contributed by atoms with Crippen molar-refractivity contribution in [2.24, 2.45) is 0 Å². The van der Waals surface area contributed by atoms with Crippen LogP contribution < -0.4 is 9.64 Å². The van der Waals surface area contributed by atoms with Gasteiger partial charge in [-0.05, 0) is 87.5 Å². The van der Waals surface area contributed by atoms with Crippen LogP contribution in [0.2, 0.25) is 5.02 Å². The Labute approximate surface area is 206 Å². The SMILES string of the molecule is CCC(O)C#Cc1ccc2c(c1)CCN(c1ccc(OC3C[C@H]4CC[C@@H](C3)N4C)c(Cl)c1)C2=O. The van der Waals surface area contributed by atoms with E-state index in [1.165, 1.54) is 12.8 Å². The highest BCUT2D eigenvalue weighted by atomic mass is 35.5. The van der Waals surface area contributed by atoms with Crippen LogP contribution in [0.25, 0.3) is 0 Å². The van der Waals surface area contributed by atoms with Crippen LogP contribution in [0, 0.1) is 11.8 Å². The van der Waals surface area contributed by atoms with Crippen LogP contribution >= 0.6 is 11.6 Å². The zero-order valence-corrected chi connectivity index (χ0v) is 20.5. The lowest BCUT2D eigenvalue weighted by Crippen LogP contribution is -2.43. The van der Waals surface area contributed by atoms with Gasteiger partial charge in [0.05, 0.1) is 5.02 Å². The predicted octanol–water partition coefficient (Wildman–Crippen LogP) is 4.67. The average Bonchev–Trinajstić information content (AvgIpc) is 3.04. The second kappa shape index (κ2) is 9.62. The second-order valence-electron chi connectivity index (χ2n) is 9.65. The van der Waals surface area contributed by atoms with Crippen molar-refractivity contribution in [1.82, 2.24) is 4.90 Å². The number of carbonyl (C=O) groups is 1. The largest absolute Gasteiger partial charge is 0.489 e. The molecule has 6 heteroatoms. The van der Waals surface area contributed by atoms with Crippen LogP contribution in [0.4, 0.5) is 5.69 Å². The highest BCUT2D eigenvalue weighted by molar-refractivity contribution is 6.32. The van der Waals surface area contributed by atoms with E-state index < -0.39 is 6.10 Å². The number of nitrogens with zero attached hydrogens (tertiary/aromatic N) is 2. The van der Waals surface area contributed by atoms with Gasteiger partial charge < -0.3 is 19.6 Å². The van der Waals surface area contributed by atoms with Gasteiger partial charge in [-0.15, -0.1) is 0 Å². The van der Waals surface area contributed by atoms with Crippen LogP contribution in [0.1, 0.15) is 60.5 Å². The summed E-state index contributed by atoms with van der Waals surface area (Å²) in [6.07, 6.45) is 5.47. The molecule has 3 heterocycles. The maximum absolute atomic E-state index is 13.2. The summed E-state index contributed by atoms with van der Waals surface area (Å²) < 4.78 is 6.31. The molecule has 2 fully saturated rings. The minimum atomic E-state index is -0.626. The number of carbonyl (C=O) groups excluding carboxylic acids is 1. The molecule has 2 bridgehead atoms. The highest BCUT2D eigenvalue weighted by Gasteiger charge is 2.39. The van der Waals surface area contributed by atoms with E-state index in [0.29, 0.717) is 41.4 Å². The lowest BCUT2D eigenvalue weighted by Gasteiger charge is -2.36. The fourth-order valence-electron chi connectivity index (χ4n) is 5.47. The molecule has 3 aliphatic rings. The molecular formula is C28H31ClN2O3. The number of benzene rings is 2. The molecule has 5 rings (SSSR count). The number of ether oxygens (including phenoxy) is 1. The molecule has 2 aromatic rings. The molecule has 178 valence electrons. The molecule has 0 aliphatic carbocycles. The fraction of sp³-hybridized carbons (Fsp3) is 0.464. The van der Waals surface area contributed by atoms with Crippen molar-refractivity contribution < 1.29 is 14.6 Å². The third-order valence-corrected chi connectivity index (χ3v) is 7.83. The maximum atomic E-state index is 13.2. The zero-order valence-electron chi connectivity index (χ0n) is 19.8. The number of amides is 1. The predicted molar refractivity (Wildman–Crippen MR) is 135 cm³/mol. The molecule has 2 saturated heterocycles. The first kappa shape index (κ1) is 23.2. The molecule has 0 radical (unpaired) electrons.